The molecule has 2 aliphatic rings. The second-order valence-corrected chi connectivity index (χ2v) is 7.83. The van der Waals surface area contributed by atoms with Crippen molar-refractivity contribution in [3.8, 4) is 17.0 Å². The molecule has 5 rings (SSSR count). The van der Waals surface area contributed by atoms with Gasteiger partial charge < -0.3 is 10.1 Å². The van der Waals surface area contributed by atoms with Crippen LogP contribution in [0.5, 0.6) is 5.75 Å². The number of carbonyl (C=O) groups excluding carboxylic acids is 1. The number of carbonyl (C=O) groups is 1. The zero-order chi connectivity index (χ0) is 20.2. The van der Waals surface area contributed by atoms with Gasteiger partial charge in [-0.25, -0.2) is 4.39 Å². The Hall–Kier alpha value is -2.99. The van der Waals surface area contributed by atoms with Crippen molar-refractivity contribution in [3.05, 3.63) is 70.7 Å². The predicted molar refractivity (Wildman–Crippen MR) is 108 cm³/mol. The van der Waals surface area contributed by atoms with E-state index in [0.29, 0.717) is 11.1 Å². The molecule has 5 nitrogen and oxygen atoms in total. The van der Waals surface area contributed by atoms with Crippen LogP contribution in [0.2, 0.25) is 0 Å². The molecule has 0 unspecified atom stereocenters. The number of halogens is 1. The summed E-state index contributed by atoms with van der Waals surface area (Å²) in [5.41, 5.74) is 3.99. The summed E-state index contributed by atoms with van der Waals surface area (Å²) in [6.45, 7) is 5.36. The second kappa shape index (κ2) is 6.52. The van der Waals surface area contributed by atoms with Crippen LogP contribution in [0.4, 0.5) is 4.39 Å². The van der Waals surface area contributed by atoms with Crippen molar-refractivity contribution in [2.24, 2.45) is 0 Å². The molecule has 3 heterocycles. The highest BCUT2D eigenvalue weighted by Crippen LogP contribution is 2.50. The first-order valence-corrected chi connectivity index (χ1v) is 9.90. The van der Waals surface area contributed by atoms with E-state index in [-0.39, 0.29) is 11.7 Å². The quantitative estimate of drug-likeness (QED) is 0.682. The first-order valence-electron chi connectivity index (χ1n) is 9.90. The second-order valence-electron chi connectivity index (χ2n) is 7.83. The molecule has 1 aromatic heterocycles. The summed E-state index contributed by atoms with van der Waals surface area (Å²) >= 11 is 0. The SMILES string of the molecule is Cc1cc(F)ccc1C(=O)n1nc(C)c2c1-c1ccccc1OC21CCNCC1. The minimum Gasteiger partial charge on any atom is -0.482 e. The molecule has 0 bridgehead atoms. The number of hydrogen-bond donors (Lipinski definition) is 1. The van der Waals surface area contributed by atoms with Gasteiger partial charge in [0.15, 0.2) is 0 Å². The van der Waals surface area contributed by atoms with Crippen LogP contribution in [0, 0.1) is 19.7 Å². The van der Waals surface area contributed by atoms with Gasteiger partial charge in [0.25, 0.3) is 5.91 Å². The number of aromatic nitrogens is 2. The number of piperidine rings is 1. The molecule has 0 amide bonds. The van der Waals surface area contributed by atoms with Gasteiger partial charge in [-0.2, -0.15) is 9.78 Å². The fraction of sp³-hybridized carbons (Fsp3) is 0.304. The average molecular weight is 391 g/mol. The number of ether oxygens (including phenoxy) is 1. The monoisotopic (exact) mass is 391 g/mol. The number of nitrogens with zero attached hydrogens (tertiary/aromatic N) is 2. The van der Waals surface area contributed by atoms with E-state index in [1.165, 1.54) is 22.9 Å². The number of nitrogens with one attached hydrogen (secondary N) is 1. The minimum absolute atomic E-state index is 0.257. The first kappa shape index (κ1) is 18.1. The standard InChI is InChI=1S/C23H22FN3O2/c1-14-13-16(24)7-8-17(14)22(28)27-21-18-5-3-4-6-19(18)29-23(9-11-25-12-10-23)20(21)15(2)26-27/h3-8,13,25H,9-12H2,1-2H3. The first-order chi connectivity index (χ1) is 14.0. The maximum absolute atomic E-state index is 13.6. The van der Waals surface area contributed by atoms with E-state index in [0.717, 1.165) is 54.2 Å². The van der Waals surface area contributed by atoms with Crippen molar-refractivity contribution >= 4 is 5.91 Å². The van der Waals surface area contributed by atoms with Gasteiger partial charge in [0.2, 0.25) is 0 Å². The van der Waals surface area contributed by atoms with Gasteiger partial charge in [-0.3, -0.25) is 4.79 Å². The number of para-hydroxylation sites is 1. The largest absolute Gasteiger partial charge is 0.482 e. The topological polar surface area (TPSA) is 56.2 Å². The van der Waals surface area contributed by atoms with Gasteiger partial charge in [-0.15, -0.1) is 0 Å². The van der Waals surface area contributed by atoms with Crippen molar-refractivity contribution in [1.29, 1.82) is 0 Å². The van der Waals surface area contributed by atoms with Crippen molar-refractivity contribution < 1.29 is 13.9 Å². The average Bonchev–Trinajstić information content (AvgIpc) is 3.07. The highest BCUT2D eigenvalue weighted by molar-refractivity contribution is 6.00. The summed E-state index contributed by atoms with van der Waals surface area (Å²) in [5, 5.41) is 8.04. The van der Waals surface area contributed by atoms with Gasteiger partial charge in [0.05, 0.1) is 11.4 Å². The summed E-state index contributed by atoms with van der Waals surface area (Å²) in [6, 6.07) is 12.0. The van der Waals surface area contributed by atoms with Crippen LogP contribution in [0.15, 0.2) is 42.5 Å². The maximum atomic E-state index is 13.6. The number of benzene rings is 2. The van der Waals surface area contributed by atoms with Crippen molar-refractivity contribution in [2.75, 3.05) is 13.1 Å². The molecule has 2 aromatic carbocycles. The summed E-state index contributed by atoms with van der Waals surface area (Å²) in [4.78, 5) is 13.5. The van der Waals surface area contributed by atoms with Crippen LogP contribution in [0.3, 0.4) is 0 Å². The highest BCUT2D eigenvalue weighted by atomic mass is 19.1. The number of rotatable bonds is 1. The van der Waals surface area contributed by atoms with Gasteiger partial charge in [0.1, 0.15) is 17.2 Å². The van der Waals surface area contributed by atoms with Gasteiger partial charge in [0, 0.05) is 29.5 Å². The Morgan fingerprint density at radius 3 is 2.69 bits per heavy atom. The summed E-state index contributed by atoms with van der Waals surface area (Å²) < 4.78 is 21.6. The molecular weight excluding hydrogens is 369 g/mol. The fourth-order valence-corrected chi connectivity index (χ4v) is 4.65. The Bertz CT molecular complexity index is 1130. The maximum Gasteiger partial charge on any atom is 0.279 e. The number of aryl methyl sites for hydroxylation is 2. The molecule has 1 N–H and O–H groups in total. The van der Waals surface area contributed by atoms with E-state index in [4.69, 9.17) is 4.74 Å². The molecule has 0 saturated carbocycles. The fourth-order valence-electron chi connectivity index (χ4n) is 4.65. The van der Waals surface area contributed by atoms with Crippen molar-refractivity contribution in [3.63, 3.8) is 0 Å². The van der Waals surface area contributed by atoms with Gasteiger partial charge in [-0.1, -0.05) is 12.1 Å². The predicted octanol–water partition coefficient (Wildman–Crippen LogP) is 3.97. The van der Waals surface area contributed by atoms with Crippen LogP contribution in [0.1, 0.15) is 40.0 Å². The van der Waals surface area contributed by atoms with Crippen LogP contribution in [0.25, 0.3) is 11.3 Å². The Kier molecular flexibility index (Phi) is 4.06. The zero-order valence-electron chi connectivity index (χ0n) is 16.5. The Morgan fingerprint density at radius 2 is 1.93 bits per heavy atom. The molecule has 0 aliphatic carbocycles. The van der Waals surface area contributed by atoms with Crippen LogP contribution in [-0.4, -0.2) is 28.8 Å². The molecule has 0 radical (unpaired) electrons. The van der Waals surface area contributed by atoms with E-state index < -0.39 is 5.60 Å². The molecule has 0 atom stereocenters. The molecular formula is C23H22FN3O2. The van der Waals surface area contributed by atoms with E-state index in [2.05, 4.69) is 10.4 Å². The molecule has 1 saturated heterocycles. The number of hydrogen-bond acceptors (Lipinski definition) is 4. The lowest BCUT2D eigenvalue weighted by Crippen LogP contribution is -2.46. The van der Waals surface area contributed by atoms with E-state index in [9.17, 15) is 9.18 Å². The minimum atomic E-state index is -0.491. The molecule has 1 spiro atoms. The van der Waals surface area contributed by atoms with Crippen LogP contribution < -0.4 is 10.1 Å². The number of fused-ring (bicyclic) bond motifs is 4. The lowest BCUT2D eigenvalue weighted by atomic mass is 9.80. The molecule has 148 valence electrons. The van der Waals surface area contributed by atoms with E-state index in [1.807, 2.05) is 31.2 Å². The molecule has 6 heteroatoms. The summed E-state index contributed by atoms with van der Waals surface area (Å²) in [7, 11) is 0. The lowest BCUT2D eigenvalue weighted by molar-refractivity contribution is 0.0301. The van der Waals surface area contributed by atoms with Crippen molar-refractivity contribution in [2.45, 2.75) is 32.3 Å². The van der Waals surface area contributed by atoms with Crippen molar-refractivity contribution in [1.82, 2.24) is 15.1 Å². The normalized spacial score (nSPS) is 16.8. The summed E-state index contributed by atoms with van der Waals surface area (Å²) in [6.07, 6.45) is 1.62. The van der Waals surface area contributed by atoms with Gasteiger partial charge in [-0.05, 0) is 62.8 Å². The van der Waals surface area contributed by atoms with E-state index in [1.54, 1.807) is 6.92 Å². The zero-order valence-corrected chi connectivity index (χ0v) is 16.5. The van der Waals surface area contributed by atoms with Gasteiger partial charge >= 0.3 is 0 Å². The Morgan fingerprint density at radius 1 is 1.17 bits per heavy atom. The van der Waals surface area contributed by atoms with E-state index >= 15 is 0 Å². The molecule has 1 fully saturated rings. The third-order valence-electron chi connectivity index (χ3n) is 5.99. The smallest absolute Gasteiger partial charge is 0.279 e. The third kappa shape index (κ3) is 2.70. The highest BCUT2D eigenvalue weighted by Gasteiger charge is 2.46. The Balaban J connectivity index is 1.74. The third-order valence-corrected chi connectivity index (χ3v) is 5.99. The molecule has 3 aromatic rings. The van der Waals surface area contributed by atoms with Crippen LogP contribution in [-0.2, 0) is 5.60 Å². The van der Waals surface area contributed by atoms with Crippen LogP contribution >= 0.6 is 0 Å². The molecule has 2 aliphatic heterocycles. The summed E-state index contributed by atoms with van der Waals surface area (Å²) in [5.74, 6) is 0.157. The Labute approximate surface area is 168 Å². The molecule has 29 heavy (non-hydrogen) atoms. The lowest BCUT2D eigenvalue weighted by Gasteiger charge is -2.42.